The van der Waals surface area contributed by atoms with Crippen LogP contribution in [0.3, 0.4) is 0 Å². The molecule has 2 aliphatic heterocycles. The standard InChI is InChI=1S/C8H16N2O.2C2H6/c1-10-5-6-11-8(10)3-2-4-9-7-8;2*1-2/h9H,2-7H2,1H3;2*1-2H3. The Morgan fingerprint density at radius 2 is 1.87 bits per heavy atom. The van der Waals surface area contributed by atoms with Gasteiger partial charge in [0.1, 0.15) is 5.72 Å². The molecule has 1 unspecified atom stereocenters. The summed E-state index contributed by atoms with van der Waals surface area (Å²) in [6, 6.07) is 0. The molecule has 0 radical (unpaired) electrons. The van der Waals surface area contributed by atoms with Crippen LogP contribution in [0.2, 0.25) is 0 Å². The average Bonchev–Trinajstić information content (AvgIpc) is 2.67. The summed E-state index contributed by atoms with van der Waals surface area (Å²) in [6.07, 6.45) is 2.43. The number of piperidine rings is 1. The van der Waals surface area contributed by atoms with Crippen molar-refractivity contribution in [1.82, 2.24) is 10.2 Å². The summed E-state index contributed by atoms with van der Waals surface area (Å²) in [4.78, 5) is 2.33. The first kappa shape index (κ1) is 14.9. The van der Waals surface area contributed by atoms with E-state index in [1.807, 2.05) is 27.7 Å². The van der Waals surface area contributed by atoms with E-state index in [-0.39, 0.29) is 5.72 Å². The van der Waals surface area contributed by atoms with Gasteiger partial charge >= 0.3 is 0 Å². The van der Waals surface area contributed by atoms with Gasteiger partial charge in [0, 0.05) is 13.1 Å². The van der Waals surface area contributed by atoms with Gasteiger partial charge in [-0.15, -0.1) is 0 Å². The Labute approximate surface area is 95.2 Å². The molecule has 0 saturated carbocycles. The van der Waals surface area contributed by atoms with E-state index in [0.717, 1.165) is 26.2 Å². The fourth-order valence-electron chi connectivity index (χ4n) is 2.00. The van der Waals surface area contributed by atoms with Gasteiger partial charge in [0.05, 0.1) is 6.61 Å². The molecule has 2 saturated heterocycles. The van der Waals surface area contributed by atoms with Crippen LogP contribution in [-0.4, -0.2) is 43.9 Å². The zero-order valence-corrected chi connectivity index (χ0v) is 11.1. The lowest BCUT2D eigenvalue weighted by Crippen LogP contribution is -2.53. The highest BCUT2D eigenvalue weighted by atomic mass is 16.5. The van der Waals surface area contributed by atoms with E-state index >= 15 is 0 Å². The molecular weight excluding hydrogens is 188 g/mol. The number of nitrogens with zero attached hydrogens (tertiary/aromatic N) is 1. The second-order valence-corrected chi connectivity index (χ2v) is 3.50. The Kier molecular flexibility index (Phi) is 8.02. The van der Waals surface area contributed by atoms with Crippen LogP contribution in [0.25, 0.3) is 0 Å². The van der Waals surface area contributed by atoms with E-state index in [2.05, 4.69) is 17.3 Å². The number of likely N-dealkylation sites (N-methyl/N-ethyl adjacent to an activating group) is 1. The number of ether oxygens (including phenoxy) is 1. The zero-order valence-electron chi connectivity index (χ0n) is 11.1. The molecule has 2 fully saturated rings. The number of rotatable bonds is 0. The van der Waals surface area contributed by atoms with Crippen molar-refractivity contribution >= 4 is 0 Å². The van der Waals surface area contributed by atoms with Crippen LogP contribution in [-0.2, 0) is 4.74 Å². The Bertz CT molecular complexity index is 145. The Morgan fingerprint density at radius 1 is 1.20 bits per heavy atom. The zero-order chi connectivity index (χ0) is 11.7. The van der Waals surface area contributed by atoms with Gasteiger partial charge in [-0.3, -0.25) is 4.90 Å². The molecule has 1 N–H and O–H groups in total. The van der Waals surface area contributed by atoms with E-state index in [1.165, 1.54) is 12.8 Å². The van der Waals surface area contributed by atoms with E-state index in [4.69, 9.17) is 4.74 Å². The van der Waals surface area contributed by atoms with Gasteiger partial charge in [-0.25, -0.2) is 0 Å². The largest absolute Gasteiger partial charge is 0.358 e. The molecule has 2 rings (SSSR count). The number of hydrogen-bond donors (Lipinski definition) is 1. The SMILES string of the molecule is CC.CC.CN1CCOC12CCCNC2. The summed E-state index contributed by atoms with van der Waals surface area (Å²) in [5.74, 6) is 0. The minimum atomic E-state index is 0.0538. The lowest BCUT2D eigenvalue weighted by molar-refractivity contribution is -0.0864. The molecule has 3 nitrogen and oxygen atoms in total. The van der Waals surface area contributed by atoms with E-state index in [9.17, 15) is 0 Å². The quantitative estimate of drug-likeness (QED) is 0.671. The third kappa shape index (κ3) is 3.74. The molecule has 2 heterocycles. The van der Waals surface area contributed by atoms with Crippen LogP contribution in [0.4, 0.5) is 0 Å². The molecular formula is C12H28N2O. The lowest BCUT2D eigenvalue weighted by Gasteiger charge is -2.38. The summed E-state index contributed by atoms with van der Waals surface area (Å²) in [6.45, 7) is 12.1. The molecule has 0 aliphatic carbocycles. The summed E-state index contributed by atoms with van der Waals surface area (Å²) in [5.41, 5.74) is 0.0538. The van der Waals surface area contributed by atoms with Crippen LogP contribution in [0, 0.1) is 0 Å². The molecule has 1 spiro atoms. The molecule has 0 amide bonds. The monoisotopic (exact) mass is 216 g/mol. The van der Waals surface area contributed by atoms with Crippen molar-refractivity contribution in [3.63, 3.8) is 0 Å². The molecule has 1 atom stereocenters. The fourth-order valence-corrected chi connectivity index (χ4v) is 2.00. The predicted octanol–water partition coefficient (Wildman–Crippen LogP) is 2.08. The van der Waals surface area contributed by atoms with Crippen molar-refractivity contribution < 1.29 is 4.74 Å². The van der Waals surface area contributed by atoms with Crippen molar-refractivity contribution in [2.45, 2.75) is 46.3 Å². The minimum Gasteiger partial charge on any atom is -0.358 e. The molecule has 2 aliphatic rings. The van der Waals surface area contributed by atoms with Gasteiger partial charge in [-0.05, 0) is 26.4 Å². The Morgan fingerprint density at radius 3 is 2.27 bits per heavy atom. The van der Waals surface area contributed by atoms with Crippen molar-refractivity contribution in [2.75, 3.05) is 33.3 Å². The summed E-state index contributed by atoms with van der Waals surface area (Å²) in [7, 11) is 2.15. The highest BCUT2D eigenvalue weighted by Gasteiger charge is 2.40. The van der Waals surface area contributed by atoms with Gasteiger partial charge in [0.15, 0.2) is 0 Å². The normalized spacial score (nSPS) is 30.2. The second kappa shape index (κ2) is 8.08. The van der Waals surface area contributed by atoms with Crippen LogP contribution in [0.1, 0.15) is 40.5 Å². The van der Waals surface area contributed by atoms with Gasteiger partial charge < -0.3 is 10.1 Å². The molecule has 15 heavy (non-hydrogen) atoms. The fraction of sp³-hybridized carbons (Fsp3) is 1.00. The molecule has 3 heteroatoms. The van der Waals surface area contributed by atoms with Crippen LogP contribution >= 0.6 is 0 Å². The lowest BCUT2D eigenvalue weighted by atomic mass is 10.0. The van der Waals surface area contributed by atoms with Crippen molar-refractivity contribution in [2.24, 2.45) is 0 Å². The second-order valence-electron chi connectivity index (χ2n) is 3.50. The summed E-state index contributed by atoms with van der Waals surface area (Å²) < 4.78 is 5.76. The minimum absolute atomic E-state index is 0.0538. The summed E-state index contributed by atoms with van der Waals surface area (Å²) >= 11 is 0. The smallest absolute Gasteiger partial charge is 0.134 e. The van der Waals surface area contributed by atoms with Gasteiger partial charge in [0.25, 0.3) is 0 Å². The maximum atomic E-state index is 5.76. The molecule has 0 aromatic rings. The number of hydrogen-bond acceptors (Lipinski definition) is 3. The first-order valence-electron chi connectivity index (χ1n) is 6.39. The highest BCUT2D eigenvalue weighted by Crippen LogP contribution is 2.27. The van der Waals surface area contributed by atoms with Crippen LogP contribution in [0.15, 0.2) is 0 Å². The summed E-state index contributed by atoms with van der Waals surface area (Å²) in [5, 5.41) is 3.38. The third-order valence-corrected chi connectivity index (χ3v) is 2.82. The molecule has 0 aromatic heterocycles. The van der Waals surface area contributed by atoms with Gasteiger partial charge in [-0.1, -0.05) is 27.7 Å². The molecule has 0 aromatic carbocycles. The average molecular weight is 216 g/mol. The van der Waals surface area contributed by atoms with E-state index < -0.39 is 0 Å². The third-order valence-electron chi connectivity index (χ3n) is 2.82. The molecule has 92 valence electrons. The number of nitrogens with one attached hydrogen (secondary N) is 1. The van der Waals surface area contributed by atoms with Crippen molar-refractivity contribution in [1.29, 1.82) is 0 Å². The van der Waals surface area contributed by atoms with E-state index in [0.29, 0.717) is 0 Å². The Balaban J connectivity index is 0.000000442. The van der Waals surface area contributed by atoms with Gasteiger partial charge in [-0.2, -0.15) is 0 Å². The van der Waals surface area contributed by atoms with Crippen molar-refractivity contribution in [3.05, 3.63) is 0 Å². The van der Waals surface area contributed by atoms with Crippen molar-refractivity contribution in [3.8, 4) is 0 Å². The molecule has 0 bridgehead atoms. The van der Waals surface area contributed by atoms with Crippen LogP contribution < -0.4 is 5.32 Å². The predicted molar refractivity (Wildman–Crippen MR) is 66.1 cm³/mol. The van der Waals surface area contributed by atoms with E-state index in [1.54, 1.807) is 0 Å². The van der Waals surface area contributed by atoms with Crippen LogP contribution in [0.5, 0.6) is 0 Å². The Hall–Kier alpha value is -0.120. The maximum Gasteiger partial charge on any atom is 0.134 e. The highest BCUT2D eigenvalue weighted by molar-refractivity contribution is 4.89. The first-order valence-corrected chi connectivity index (χ1v) is 6.39. The first-order chi connectivity index (χ1) is 7.33. The topological polar surface area (TPSA) is 24.5 Å². The maximum absolute atomic E-state index is 5.76. The van der Waals surface area contributed by atoms with Gasteiger partial charge in [0.2, 0.25) is 0 Å².